The number of aryl methyl sites for hydroxylation is 1. The van der Waals surface area contributed by atoms with E-state index in [-0.39, 0.29) is 12.3 Å². The molecule has 0 radical (unpaired) electrons. The lowest BCUT2D eigenvalue weighted by atomic mass is 10.1. The molecule has 0 bridgehead atoms. The fourth-order valence-electron chi connectivity index (χ4n) is 4.56. The molecule has 4 aromatic rings. The van der Waals surface area contributed by atoms with Gasteiger partial charge in [0.15, 0.2) is 16.9 Å². The summed E-state index contributed by atoms with van der Waals surface area (Å²) >= 11 is 0. The Balaban J connectivity index is 1.68. The van der Waals surface area contributed by atoms with Gasteiger partial charge in [-0.05, 0) is 18.5 Å². The molecule has 0 saturated carbocycles. The lowest BCUT2D eigenvalue weighted by Gasteiger charge is -2.22. The van der Waals surface area contributed by atoms with Gasteiger partial charge in [-0.25, -0.2) is 4.79 Å². The molecule has 3 heterocycles. The number of Topliss-reactive ketones (excluding diaryl/α,β-unsaturated/α-hetero) is 1. The first kappa shape index (κ1) is 22.8. The number of anilines is 1. The topological polar surface area (TPSA) is 94.2 Å². The van der Waals surface area contributed by atoms with Crippen LogP contribution >= 0.6 is 0 Å². The van der Waals surface area contributed by atoms with Crippen LogP contribution in [0.3, 0.4) is 0 Å². The fraction of sp³-hybridized carbons (Fsp3) is 0.308. The predicted octanol–water partition coefficient (Wildman–Crippen LogP) is 1.63. The van der Waals surface area contributed by atoms with Gasteiger partial charge in [-0.1, -0.05) is 60.7 Å². The Morgan fingerprint density at radius 3 is 2.40 bits per heavy atom. The maximum absolute atomic E-state index is 13.7. The van der Waals surface area contributed by atoms with Crippen LogP contribution in [-0.2, 0) is 20.1 Å². The highest BCUT2D eigenvalue weighted by molar-refractivity contribution is 5.95. The summed E-state index contributed by atoms with van der Waals surface area (Å²) in [7, 11) is 1.60. The third-order valence-corrected chi connectivity index (χ3v) is 6.42. The summed E-state index contributed by atoms with van der Waals surface area (Å²) in [6.45, 7) is 3.36. The smallest absolute Gasteiger partial charge is 0.332 e. The molecule has 9 nitrogen and oxygen atoms in total. The summed E-state index contributed by atoms with van der Waals surface area (Å²) in [6.07, 6.45) is 0.948. The molecule has 180 valence electrons. The second-order valence-corrected chi connectivity index (χ2v) is 8.77. The average Bonchev–Trinajstić information content (AvgIpc) is 3.05. The minimum atomic E-state index is -0.555. The standard InChI is InChI=1S/C26H28N6O3/c1-29-23-22(24(34)32(26(29)35)18-21(33)20-11-6-3-7-12-20)31(17-19-9-4-2-5-10-19)25(28-23)30-15-8-13-27-14-16-30/h2-7,9-12,27H,8,13-18H2,1H3. The number of rotatable bonds is 6. The molecule has 5 rings (SSSR count). The average molecular weight is 473 g/mol. The molecule has 0 amide bonds. The van der Waals surface area contributed by atoms with Crippen LogP contribution in [0.15, 0.2) is 70.3 Å². The van der Waals surface area contributed by atoms with Gasteiger partial charge in [0, 0.05) is 32.2 Å². The normalized spacial score (nSPS) is 14.3. The van der Waals surface area contributed by atoms with Crippen molar-refractivity contribution >= 4 is 22.9 Å². The predicted molar refractivity (Wildman–Crippen MR) is 135 cm³/mol. The van der Waals surface area contributed by atoms with Crippen molar-refractivity contribution in [3.8, 4) is 0 Å². The van der Waals surface area contributed by atoms with Gasteiger partial charge in [0.05, 0.1) is 13.1 Å². The number of carbonyl (C=O) groups is 1. The number of benzene rings is 2. The van der Waals surface area contributed by atoms with Crippen LogP contribution in [0.25, 0.3) is 11.2 Å². The van der Waals surface area contributed by atoms with E-state index >= 15 is 0 Å². The highest BCUT2D eigenvalue weighted by atomic mass is 16.2. The number of fused-ring (bicyclic) bond motifs is 1. The van der Waals surface area contributed by atoms with Gasteiger partial charge in [-0.3, -0.25) is 23.3 Å². The van der Waals surface area contributed by atoms with Gasteiger partial charge in [-0.15, -0.1) is 0 Å². The molecule has 2 aromatic carbocycles. The third kappa shape index (κ3) is 4.42. The number of hydrogen-bond acceptors (Lipinski definition) is 6. The van der Waals surface area contributed by atoms with Gasteiger partial charge >= 0.3 is 5.69 Å². The lowest BCUT2D eigenvalue weighted by Crippen LogP contribution is -2.41. The summed E-state index contributed by atoms with van der Waals surface area (Å²) in [4.78, 5) is 46.8. The van der Waals surface area contributed by atoms with E-state index in [0.717, 1.165) is 42.7 Å². The largest absolute Gasteiger partial charge is 0.341 e. The van der Waals surface area contributed by atoms with Crippen molar-refractivity contribution in [1.29, 1.82) is 0 Å². The molecule has 0 unspecified atom stereocenters. The van der Waals surface area contributed by atoms with Crippen LogP contribution in [0.5, 0.6) is 0 Å². The number of carbonyl (C=O) groups excluding carboxylic acids is 1. The maximum atomic E-state index is 13.7. The lowest BCUT2D eigenvalue weighted by molar-refractivity contribution is 0.0969. The van der Waals surface area contributed by atoms with Crippen LogP contribution in [-0.4, -0.2) is 50.6 Å². The first-order chi connectivity index (χ1) is 17.0. The van der Waals surface area contributed by atoms with Crippen molar-refractivity contribution in [2.24, 2.45) is 7.05 Å². The molecule has 1 fully saturated rings. The van der Waals surface area contributed by atoms with Crippen LogP contribution < -0.4 is 21.5 Å². The maximum Gasteiger partial charge on any atom is 0.332 e. The number of imidazole rings is 1. The van der Waals surface area contributed by atoms with E-state index in [4.69, 9.17) is 4.98 Å². The fourth-order valence-corrected chi connectivity index (χ4v) is 4.56. The molecule has 1 aliphatic rings. The molecule has 35 heavy (non-hydrogen) atoms. The van der Waals surface area contributed by atoms with E-state index in [9.17, 15) is 14.4 Å². The van der Waals surface area contributed by atoms with Gasteiger partial charge in [0.1, 0.15) is 0 Å². The van der Waals surface area contributed by atoms with Crippen LogP contribution in [0.1, 0.15) is 22.3 Å². The van der Waals surface area contributed by atoms with E-state index in [2.05, 4.69) is 10.2 Å². The minimum absolute atomic E-state index is 0.294. The SMILES string of the molecule is Cn1c(=O)n(CC(=O)c2ccccc2)c(=O)c2c1nc(N1CCCNCC1)n2Cc1ccccc1. The quantitative estimate of drug-likeness (QED) is 0.429. The van der Waals surface area contributed by atoms with Crippen molar-refractivity contribution in [3.63, 3.8) is 0 Å². The van der Waals surface area contributed by atoms with Gasteiger partial charge in [0.25, 0.3) is 5.56 Å². The van der Waals surface area contributed by atoms with Gasteiger partial charge in [-0.2, -0.15) is 4.98 Å². The number of nitrogens with one attached hydrogen (secondary N) is 1. The molecule has 0 atom stereocenters. The van der Waals surface area contributed by atoms with Crippen molar-refractivity contribution in [2.75, 3.05) is 31.1 Å². The van der Waals surface area contributed by atoms with Gasteiger partial charge in [0.2, 0.25) is 5.95 Å². The monoisotopic (exact) mass is 472 g/mol. The van der Waals surface area contributed by atoms with Crippen molar-refractivity contribution in [2.45, 2.75) is 19.5 Å². The molecule has 0 aliphatic carbocycles. The third-order valence-electron chi connectivity index (χ3n) is 6.42. The molecule has 0 spiro atoms. The molecule has 1 saturated heterocycles. The van der Waals surface area contributed by atoms with Crippen molar-refractivity contribution in [1.82, 2.24) is 24.0 Å². The number of aromatic nitrogens is 4. The van der Waals surface area contributed by atoms with E-state index in [0.29, 0.717) is 29.2 Å². The Kier molecular flexibility index (Phi) is 6.33. The summed E-state index contributed by atoms with van der Waals surface area (Å²) in [6, 6.07) is 18.6. The van der Waals surface area contributed by atoms with Crippen molar-refractivity contribution < 1.29 is 4.79 Å². The highest BCUT2D eigenvalue weighted by Crippen LogP contribution is 2.22. The van der Waals surface area contributed by atoms with Gasteiger partial charge < -0.3 is 10.2 Å². The zero-order valence-electron chi connectivity index (χ0n) is 19.7. The van der Waals surface area contributed by atoms with Crippen LogP contribution in [0.4, 0.5) is 5.95 Å². The molecule has 2 aromatic heterocycles. The molecular weight excluding hydrogens is 444 g/mol. The number of ketones is 1. The molecular formula is C26H28N6O3. The Bertz CT molecular complexity index is 1460. The summed E-state index contributed by atoms with van der Waals surface area (Å²) < 4.78 is 4.28. The Morgan fingerprint density at radius 1 is 0.943 bits per heavy atom. The Morgan fingerprint density at radius 2 is 1.66 bits per heavy atom. The minimum Gasteiger partial charge on any atom is -0.341 e. The zero-order valence-corrected chi connectivity index (χ0v) is 19.7. The number of nitrogens with zero attached hydrogens (tertiary/aromatic N) is 5. The first-order valence-electron chi connectivity index (χ1n) is 11.8. The zero-order chi connectivity index (χ0) is 24.4. The van der Waals surface area contributed by atoms with E-state index in [1.807, 2.05) is 41.0 Å². The van der Waals surface area contributed by atoms with E-state index in [1.165, 1.54) is 4.57 Å². The first-order valence-corrected chi connectivity index (χ1v) is 11.8. The summed E-state index contributed by atoms with van der Waals surface area (Å²) in [5.74, 6) is 0.365. The Hall–Kier alpha value is -3.98. The van der Waals surface area contributed by atoms with Crippen molar-refractivity contribution in [3.05, 3.63) is 92.6 Å². The second kappa shape index (κ2) is 9.71. The summed E-state index contributed by atoms with van der Waals surface area (Å²) in [5.41, 5.74) is 1.06. The molecule has 1 N–H and O–H groups in total. The summed E-state index contributed by atoms with van der Waals surface area (Å²) in [5, 5.41) is 3.39. The number of hydrogen-bond donors (Lipinski definition) is 1. The van der Waals surface area contributed by atoms with Crippen LogP contribution in [0, 0.1) is 0 Å². The van der Waals surface area contributed by atoms with E-state index in [1.54, 1.807) is 31.3 Å². The van der Waals surface area contributed by atoms with E-state index < -0.39 is 11.2 Å². The molecule has 1 aliphatic heterocycles. The highest BCUT2D eigenvalue weighted by Gasteiger charge is 2.25. The molecule has 9 heteroatoms. The second-order valence-electron chi connectivity index (χ2n) is 8.77. The Labute approximate surface area is 202 Å². The van der Waals surface area contributed by atoms with Crippen LogP contribution in [0.2, 0.25) is 0 Å².